The molecule has 0 amide bonds. The van der Waals surface area contributed by atoms with Crippen molar-refractivity contribution in [3.63, 3.8) is 0 Å². The van der Waals surface area contributed by atoms with Gasteiger partial charge in [-0.15, -0.1) is 0 Å². The number of hydrogen-bond donors (Lipinski definition) is 1. The van der Waals surface area contributed by atoms with Gasteiger partial charge in [0.15, 0.2) is 11.5 Å². The van der Waals surface area contributed by atoms with E-state index < -0.39 is 0 Å². The Labute approximate surface area is 72.3 Å². The summed E-state index contributed by atoms with van der Waals surface area (Å²) in [5, 5.41) is 0. The molecule has 0 bridgehead atoms. The van der Waals surface area contributed by atoms with Crippen LogP contribution in [0.15, 0.2) is 11.6 Å². The Morgan fingerprint density at radius 3 is 1.92 bits per heavy atom. The lowest BCUT2D eigenvalue weighted by atomic mass is 10.3. The number of carbonyl (C=O) groups excluding carboxylic acids is 1. The third-order valence-corrected chi connectivity index (χ3v) is 1.15. The van der Waals surface area contributed by atoms with Gasteiger partial charge in [0.25, 0.3) is 0 Å². The maximum Gasteiger partial charge on any atom is 0.307 e. The van der Waals surface area contributed by atoms with Crippen LogP contribution < -0.4 is 5.73 Å². The summed E-state index contributed by atoms with van der Waals surface area (Å²) in [4.78, 5) is 10.8. The van der Waals surface area contributed by atoms with Gasteiger partial charge in [-0.05, 0) is 13.8 Å². The molecule has 4 heteroatoms. The normalized spacial score (nSPS) is 8.92. The fraction of sp³-hybridized carbons (Fsp3) is 0.625. The van der Waals surface area contributed by atoms with Crippen molar-refractivity contribution < 1.29 is 14.3 Å². The second kappa shape index (κ2) is 5.46. The Morgan fingerprint density at radius 1 is 1.25 bits per heavy atom. The number of nitrogens with two attached hydrogens (primary N) is 1. The van der Waals surface area contributed by atoms with Crippen molar-refractivity contribution in [2.75, 3.05) is 13.2 Å². The average Bonchev–Trinajstić information content (AvgIpc) is 2.03. The van der Waals surface area contributed by atoms with Gasteiger partial charge in [-0.2, -0.15) is 0 Å². The first-order chi connectivity index (χ1) is 5.63. The highest BCUT2D eigenvalue weighted by Crippen LogP contribution is 2.04. The number of ketones is 1. The molecule has 0 radical (unpaired) electrons. The van der Waals surface area contributed by atoms with E-state index in [2.05, 4.69) is 0 Å². The second-order valence-electron chi connectivity index (χ2n) is 2.12. The minimum atomic E-state index is -0.244. The third-order valence-electron chi connectivity index (χ3n) is 1.15. The molecule has 2 N–H and O–H groups in total. The zero-order chi connectivity index (χ0) is 9.56. The van der Waals surface area contributed by atoms with Crippen molar-refractivity contribution in [3.05, 3.63) is 11.6 Å². The lowest BCUT2D eigenvalue weighted by Crippen LogP contribution is -2.14. The van der Waals surface area contributed by atoms with Crippen LogP contribution in [0.2, 0.25) is 0 Å². The summed E-state index contributed by atoms with van der Waals surface area (Å²) in [5.74, 6) is -0.112. The zero-order valence-electron chi connectivity index (χ0n) is 7.72. The van der Waals surface area contributed by atoms with Gasteiger partial charge in [0.2, 0.25) is 0 Å². The molecule has 0 saturated carbocycles. The van der Waals surface area contributed by atoms with Crippen LogP contribution in [0.1, 0.15) is 20.8 Å². The fourth-order valence-electron chi connectivity index (χ4n) is 0.603. The van der Waals surface area contributed by atoms with Crippen LogP contribution in [0.25, 0.3) is 0 Å². The molecule has 0 saturated heterocycles. The van der Waals surface area contributed by atoms with Crippen molar-refractivity contribution in [3.8, 4) is 0 Å². The molecular weight excluding hydrogens is 158 g/mol. The highest BCUT2D eigenvalue weighted by atomic mass is 16.7. The van der Waals surface area contributed by atoms with Crippen LogP contribution in [-0.4, -0.2) is 19.0 Å². The third kappa shape index (κ3) is 3.27. The topological polar surface area (TPSA) is 61.6 Å². The SMILES string of the molecule is CCOC(OCC)=C(N)C(C)=O. The lowest BCUT2D eigenvalue weighted by molar-refractivity contribution is -0.114. The van der Waals surface area contributed by atoms with Crippen LogP contribution in [0.3, 0.4) is 0 Å². The summed E-state index contributed by atoms with van der Waals surface area (Å²) in [6.45, 7) is 5.83. The van der Waals surface area contributed by atoms with Crippen molar-refractivity contribution >= 4 is 5.78 Å². The second-order valence-corrected chi connectivity index (χ2v) is 2.12. The molecule has 70 valence electrons. The van der Waals surface area contributed by atoms with Gasteiger partial charge in [0.05, 0.1) is 13.2 Å². The molecule has 0 rings (SSSR count). The minimum absolute atomic E-state index is 0.0405. The fourth-order valence-corrected chi connectivity index (χ4v) is 0.603. The van der Waals surface area contributed by atoms with Crippen molar-refractivity contribution in [1.82, 2.24) is 0 Å². The van der Waals surface area contributed by atoms with E-state index in [0.29, 0.717) is 13.2 Å². The van der Waals surface area contributed by atoms with Gasteiger partial charge in [0, 0.05) is 6.92 Å². The highest BCUT2D eigenvalue weighted by molar-refractivity contribution is 5.92. The quantitative estimate of drug-likeness (QED) is 0.493. The number of hydrogen-bond acceptors (Lipinski definition) is 4. The molecule has 0 aromatic rings. The first-order valence-electron chi connectivity index (χ1n) is 3.89. The van der Waals surface area contributed by atoms with Crippen molar-refractivity contribution in [1.29, 1.82) is 0 Å². The molecule has 0 aliphatic heterocycles. The van der Waals surface area contributed by atoms with Gasteiger partial charge < -0.3 is 15.2 Å². The predicted molar refractivity (Wildman–Crippen MR) is 45.1 cm³/mol. The number of Topliss-reactive ketones (excluding diaryl/α,β-unsaturated/α-hetero) is 1. The van der Waals surface area contributed by atoms with E-state index in [1.54, 1.807) is 13.8 Å². The standard InChI is InChI=1S/C8H15NO3/c1-4-11-8(12-5-2)7(9)6(3)10/h4-5,9H2,1-3H3. The molecule has 0 aromatic heterocycles. The van der Waals surface area contributed by atoms with E-state index >= 15 is 0 Å². The van der Waals surface area contributed by atoms with Crippen LogP contribution in [-0.2, 0) is 14.3 Å². The van der Waals surface area contributed by atoms with E-state index in [1.165, 1.54) is 6.92 Å². The summed E-state index contributed by atoms with van der Waals surface area (Å²) in [6, 6.07) is 0. The van der Waals surface area contributed by atoms with E-state index in [-0.39, 0.29) is 17.4 Å². The van der Waals surface area contributed by atoms with Crippen molar-refractivity contribution in [2.45, 2.75) is 20.8 Å². The molecular formula is C8H15NO3. The summed E-state index contributed by atoms with van der Waals surface area (Å²) < 4.78 is 10.0. The molecule has 0 aliphatic rings. The molecule has 12 heavy (non-hydrogen) atoms. The van der Waals surface area contributed by atoms with Crippen LogP contribution in [0.5, 0.6) is 0 Å². The van der Waals surface area contributed by atoms with E-state index in [9.17, 15) is 4.79 Å². The Morgan fingerprint density at radius 2 is 1.67 bits per heavy atom. The zero-order valence-corrected chi connectivity index (χ0v) is 7.72. The highest BCUT2D eigenvalue weighted by Gasteiger charge is 2.09. The summed E-state index contributed by atoms with van der Waals surface area (Å²) in [7, 11) is 0. The number of rotatable bonds is 5. The Bertz CT molecular complexity index is 179. The van der Waals surface area contributed by atoms with Gasteiger partial charge in [-0.1, -0.05) is 0 Å². The largest absolute Gasteiger partial charge is 0.464 e. The van der Waals surface area contributed by atoms with E-state index in [0.717, 1.165) is 0 Å². The smallest absolute Gasteiger partial charge is 0.307 e. The van der Waals surface area contributed by atoms with Crippen LogP contribution in [0.4, 0.5) is 0 Å². The minimum Gasteiger partial charge on any atom is -0.464 e. The van der Waals surface area contributed by atoms with Crippen LogP contribution in [0, 0.1) is 0 Å². The Hall–Kier alpha value is -1.19. The summed E-state index contributed by atoms with van der Waals surface area (Å²) in [6.07, 6.45) is 0. The molecule has 0 heterocycles. The number of ether oxygens (including phenoxy) is 2. The Balaban J connectivity index is 4.43. The molecule has 0 atom stereocenters. The molecule has 4 nitrogen and oxygen atoms in total. The first kappa shape index (κ1) is 10.8. The molecule has 0 unspecified atom stereocenters. The maximum atomic E-state index is 10.8. The average molecular weight is 173 g/mol. The van der Waals surface area contributed by atoms with E-state index in [4.69, 9.17) is 15.2 Å². The molecule has 0 aliphatic carbocycles. The van der Waals surface area contributed by atoms with Gasteiger partial charge in [0.1, 0.15) is 0 Å². The summed E-state index contributed by atoms with van der Waals surface area (Å²) in [5.41, 5.74) is 5.45. The number of allylic oxidation sites excluding steroid dienone is 1. The molecule has 0 spiro atoms. The summed E-state index contributed by atoms with van der Waals surface area (Å²) >= 11 is 0. The van der Waals surface area contributed by atoms with Crippen molar-refractivity contribution in [2.24, 2.45) is 5.73 Å². The maximum absolute atomic E-state index is 10.8. The first-order valence-corrected chi connectivity index (χ1v) is 3.89. The van der Waals surface area contributed by atoms with Gasteiger partial charge in [-0.3, -0.25) is 4.79 Å². The van der Waals surface area contributed by atoms with E-state index in [1.807, 2.05) is 0 Å². The molecule has 0 aromatic carbocycles. The monoisotopic (exact) mass is 173 g/mol. The molecule has 0 fully saturated rings. The number of carbonyl (C=O) groups is 1. The van der Waals surface area contributed by atoms with Gasteiger partial charge in [-0.25, -0.2) is 0 Å². The lowest BCUT2D eigenvalue weighted by Gasteiger charge is -2.10. The van der Waals surface area contributed by atoms with Crippen LogP contribution >= 0.6 is 0 Å². The Kier molecular flexibility index (Phi) is 4.92. The predicted octanol–water partition coefficient (Wildman–Crippen LogP) is 0.776. The van der Waals surface area contributed by atoms with Gasteiger partial charge >= 0.3 is 5.95 Å².